The van der Waals surface area contributed by atoms with Crippen LogP contribution in [0.25, 0.3) is 82.4 Å². The lowest BCUT2D eigenvalue weighted by Crippen LogP contribution is -2.45. The highest BCUT2D eigenvalue weighted by Gasteiger charge is 2.53. The monoisotopic (exact) mass is 707 g/mol. The number of nitrogens with zero attached hydrogens (tertiary/aromatic N) is 1. The van der Waals surface area contributed by atoms with Crippen molar-refractivity contribution in [3.63, 3.8) is 0 Å². The van der Waals surface area contributed by atoms with Crippen LogP contribution in [0.2, 0.25) is 0 Å². The molecule has 1 heteroatoms. The van der Waals surface area contributed by atoms with Gasteiger partial charge in [-0.3, -0.25) is 0 Å². The molecule has 1 nitrogen and oxygen atoms in total. The van der Waals surface area contributed by atoms with Crippen LogP contribution < -0.4 is 0 Å². The number of hydrogen-bond donors (Lipinski definition) is 0. The summed E-state index contributed by atoms with van der Waals surface area (Å²) in [6.07, 6.45) is 3.78. The van der Waals surface area contributed by atoms with E-state index in [0.717, 1.165) is 5.92 Å². The maximum atomic E-state index is 2.55. The van der Waals surface area contributed by atoms with Gasteiger partial charge in [0.1, 0.15) is 0 Å². The number of para-hydroxylation sites is 2. The largest absolute Gasteiger partial charge is 0.309 e. The molecule has 0 amide bonds. The van der Waals surface area contributed by atoms with Crippen LogP contribution in [0, 0.1) is 17.8 Å². The second-order valence-corrected chi connectivity index (χ2v) is 16.5. The van der Waals surface area contributed by atoms with Crippen molar-refractivity contribution in [2.45, 2.75) is 45.4 Å². The zero-order valence-corrected chi connectivity index (χ0v) is 31.9. The van der Waals surface area contributed by atoms with E-state index in [1.165, 1.54) is 102 Å². The Kier molecular flexibility index (Phi) is 7.27. The predicted molar refractivity (Wildman–Crippen MR) is 234 cm³/mol. The lowest BCUT2D eigenvalue weighted by molar-refractivity contribution is 0.114. The first-order valence-electron chi connectivity index (χ1n) is 20.3. The number of hydrogen-bond acceptors (Lipinski definition) is 0. The summed E-state index contributed by atoms with van der Waals surface area (Å²) < 4.78 is 2.43. The van der Waals surface area contributed by atoms with Gasteiger partial charge in [0.05, 0.1) is 11.0 Å². The standard InChI is InChI=1S/C54H45N/c1-4-38-31-34(2)30-35(3)54(38)48-25-12-9-18-40(48)47-33-37(28-29-49(47)54)53-45-23-7-5-21-43(45)52(44-22-6-8-24-46(44)53)36-16-15-17-39(32-36)55-50-26-13-10-19-41(50)42-20-11-14-27-51(42)55/h5-29,32-35,38H,4,30-31H2,1-3H3. The summed E-state index contributed by atoms with van der Waals surface area (Å²) in [6.45, 7) is 7.43. The first-order chi connectivity index (χ1) is 27.1. The lowest BCUT2D eigenvalue weighted by Gasteiger charge is -2.50. The Hall–Kier alpha value is -5.92. The van der Waals surface area contributed by atoms with Crippen molar-refractivity contribution in [1.82, 2.24) is 4.57 Å². The van der Waals surface area contributed by atoms with Gasteiger partial charge in [0.15, 0.2) is 0 Å². The van der Waals surface area contributed by atoms with Crippen molar-refractivity contribution < 1.29 is 0 Å². The smallest absolute Gasteiger partial charge is 0.0541 e. The van der Waals surface area contributed by atoms with Crippen molar-refractivity contribution in [3.8, 4) is 39.1 Å². The maximum absolute atomic E-state index is 2.55. The molecular formula is C54H45N. The summed E-state index contributed by atoms with van der Waals surface area (Å²) >= 11 is 0. The summed E-state index contributed by atoms with van der Waals surface area (Å²) in [5.41, 5.74) is 14.8. The fraction of sp³-hybridized carbons (Fsp3) is 0.185. The number of rotatable bonds is 4. The molecule has 4 atom stereocenters. The van der Waals surface area contributed by atoms with Gasteiger partial charge in [-0.1, -0.05) is 161 Å². The summed E-state index contributed by atoms with van der Waals surface area (Å²) in [4.78, 5) is 0. The minimum absolute atomic E-state index is 0.0705. The minimum atomic E-state index is 0.0705. The molecule has 11 rings (SSSR count). The van der Waals surface area contributed by atoms with E-state index in [-0.39, 0.29) is 5.41 Å². The Balaban J connectivity index is 1.14. The second kappa shape index (κ2) is 12.3. The first kappa shape index (κ1) is 32.5. The zero-order chi connectivity index (χ0) is 36.8. The maximum Gasteiger partial charge on any atom is 0.0541 e. The SMILES string of the molecule is CCC1CC(C)CC(C)C12c1ccccc1-c1cc(-c3c4ccccc4c(-c4cccc(-n5c6ccccc6c6ccccc65)c4)c4ccccc34)ccc12. The Morgan fingerprint density at radius 2 is 1.02 bits per heavy atom. The molecule has 0 N–H and O–H groups in total. The van der Waals surface area contributed by atoms with E-state index in [1.54, 1.807) is 11.1 Å². The van der Waals surface area contributed by atoms with Gasteiger partial charge in [0.2, 0.25) is 0 Å². The van der Waals surface area contributed by atoms with Gasteiger partial charge in [-0.25, -0.2) is 0 Å². The van der Waals surface area contributed by atoms with Crippen molar-refractivity contribution in [1.29, 1.82) is 0 Å². The fourth-order valence-corrected chi connectivity index (χ4v) is 11.7. The van der Waals surface area contributed by atoms with Crippen LogP contribution in [-0.4, -0.2) is 4.57 Å². The van der Waals surface area contributed by atoms with Gasteiger partial charge in [0, 0.05) is 21.9 Å². The molecule has 4 unspecified atom stereocenters. The van der Waals surface area contributed by atoms with Crippen LogP contribution in [-0.2, 0) is 5.41 Å². The Labute approximate surface area is 323 Å². The predicted octanol–water partition coefficient (Wildman–Crippen LogP) is 14.8. The van der Waals surface area contributed by atoms with Crippen LogP contribution in [0.1, 0.15) is 51.2 Å². The van der Waals surface area contributed by atoms with Gasteiger partial charge in [-0.15, -0.1) is 0 Å². The molecule has 2 aliphatic carbocycles. The van der Waals surface area contributed by atoms with Gasteiger partial charge in [0.25, 0.3) is 0 Å². The van der Waals surface area contributed by atoms with Gasteiger partial charge in [-0.2, -0.15) is 0 Å². The molecule has 0 saturated heterocycles. The summed E-state index contributed by atoms with van der Waals surface area (Å²) in [5, 5.41) is 7.73. The van der Waals surface area contributed by atoms with E-state index in [2.05, 4.69) is 189 Å². The molecule has 1 heterocycles. The highest BCUT2D eigenvalue weighted by molar-refractivity contribution is 6.21. The van der Waals surface area contributed by atoms with Gasteiger partial charge >= 0.3 is 0 Å². The van der Waals surface area contributed by atoms with Crippen molar-refractivity contribution in [2.24, 2.45) is 17.8 Å². The van der Waals surface area contributed by atoms with Crippen LogP contribution in [0.4, 0.5) is 0 Å². The van der Waals surface area contributed by atoms with E-state index in [1.807, 2.05) is 0 Å². The van der Waals surface area contributed by atoms with Crippen molar-refractivity contribution in [3.05, 3.63) is 175 Å². The lowest BCUT2D eigenvalue weighted by atomic mass is 9.53. The molecule has 0 radical (unpaired) electrons. The van der Waals surface area contributed by atoms with Crippen LogP contribution >= 0.6 is 0 Å². The van der Waals surface area contributed by atoms with E-state index >= 15 is 0 Å². The zero-order valence-electron chi connectivity index (χ0n) is 31.9. The fourth-order valence-electron chi connectivity index (χ4n) is 11.7. The Morgan fingerprint density at radius 1 is 0.491 bits per heavy atom. The third-order valence-corrected chi connectivity index (χ3v) is 13.7. The molecule has 266 valence electrons. The quantitative estimate of drug-likeness (QED) is 0.161. The molecule has 1 aromatic heterocycles. The van der Waals surface area contributed by atoms with Gasteiger partial charge in [-0.05, 0) is 127 Å². The number of benzene rings is 8. The molecule has 1 fully saturated rings. The highest BCUT2D eigenvalue weighted by atomic mass is 15.0. The summed E-state index contributed by atoms with van der Waals surface area (Å²) in [7, 11) is 0. The Morgan fingerprint density at radius 3 is 1.64 bits per heavy atom. The molecular weight excluding hydrogens is 663 g/mol. The first-order valence-corrected chi connectivity index (χ1v) is 20.3. The number of fused-ring (bicyclic) bond motifs is 10. The number of aromatic nitrogens is 1. The normalized spacial score (nSPS) is 20.5. The third kappa shape index (κ3) is 4.53. The van der Waals surface area contributed by atoms with Crippen LogP contribution in [0.3, 0.4) is 0 Å². The van der Waals surface area contributed by atoms with E-state index in [0.29, 0.717) is 11.8 Å². The van der Waals surface area contributed by atoms with Gasteiger partial charge < -0.3 is 4.57 Å². The van der Waals surface area contributed by atoms with E-state index in [9.17, 15) is 0 Å². The van der Waals surface area contributed by atoms with Crippen molar-refractivity contribution >= 4 is 43.4 Å². The highest BCUT2D eigenvalue weighted by Crippen LogP contribution is 2.62. The van der Waals surface area contributed by atoms with E-state index < -0.39 is 0 Å². The topological polar surface area (TPSA) is 4.93 Å². The van der Waals surface area contributed by atoms with Crippen molar-refractivity contribution in [2.75, 3.05) is 0 Å². The molecule has 55 heavy (non-hydrogen) atoms. The Bertz CT molecular complexity index is 2870. The van der Waals surface area contributed by atoms with Crippen LogP contribution in [0.15, 0.2) is 164 Å². The average Bonchev–Trinajstić information content (AvgIpc) is 3.72. The summed E-state index contributed by atoms with van der Waals surface area (Å²) in [5.74, 6) is 1.99. The average molecular weight is 708 g/mol. The molecule has 8 aromatic carbocycles. The molecule has 2 aliphatic rings. The second-order valence-electron chi connectivity index (χ2n) is 16.5. The summed E-state index contributed by atoms with van der Waals surface area (Å²) in [6, 6.07) is 61.9. The minimum Gasteiger partial charge on any atom is -0.309 e. The van der Waals surface area contributed by atoms with E-state index in [4.69, 9.17) is 0 Å². The molecule has 1 saturated carbocycles. The molecule has 0 aliphatic heterocycles. The van der Waals surface area contributed by atoms with Crippen LogP contribution in [0.5, 0.6) is 0 Å². The molecule has 0 bridgehead atoms. The third-order valence-electron chi connectivity index (χ3n) is 13.7. The molecule has 1 spiro atoms. The molecule has 9 aromatic rings.